The number of aromatic hydroxyl groups is 6. The Morgan fingerprint density at radius 1 is 0.441 bits per heavy atom. The number of ketones is 2. The molecule has 0 aromatic heterocycles. The predicted octanol–water partition coefficient (Wildman–Crippen LogP) is 4.07. The molecule has 0 aliphatic carbocycles. The maximum Gasteiger partial charge on any atom is 0.201 e. The molecule has 0 radical (unpaired) electrons. The van der Waals surface area contributed by atoms with Crippen molar-refractivity contribution in [3.05, 3.63) is 107 Å². The largest absolute Gasteiger partial charge is 0.504 e. The lowest BCUT2D eigenvalue weighted by molar-refractivity contribution is 0.102. The molecule has 172 valence electrons. The number of hydrogen-bond acceptors (Lipinski definition) is 8. The SMILES string of the molecule is O=C(c1cc(O)c(O)c(O)c1)c1ccc(O)c(O)c1O.O=C(c1ccccc1)c1ccccc1. The summed E-state index contributed by atoms with van der Waals surface area (Å²) in [5, 5.41) is 56.0. The van der Waals surface area contributed by atoms with E-state index in [1.807, 2.05) is 60.7 Å². The van der Waals surface area contributed by atoms with Crippen molar-refractivity contribution in [3.63, 3.8) is 0 Å². The van der Waals surface area contributed by atoms with Gasteiger partial charge in [0, 0.05) is 16.7 Å². The monoisotopic (exact) mass is 460 g/mol. The fourth-order valence-corrected chi connectivity index (χ4v) is 2.99. The fraction of sp³-hybridized carbons (Fsp3) is 0. The third kappa shape index (κ3) is 5.08. The summed E-state index contributed by atoms with van der Waals surface area (Å²) in [6, 6.07) is 22.5. The minimum Gasteiger partial charge on any atom is -0.504 e. The van der Waals surface area contributed by atoms with Gasteiger partial charge in [-0.05, 0) is 24.3 Å². The second kappa shape index (κ2) is 10.1. The molecule has 8 nitrogen and oxygen atoms in total. The van der Waals surface area contributed by atoms with Crippen LogP contribution in [-0.2, 0) is 0 Å². The van der Waals surface area contributed by atoms with Gasteiger partial charge in [0.05, 0.1) is 5.56 Å². The number of carbonyl (C=O) groups excluding carboxylic acids is 2. The Morgan fingerprint density at radius 2 is 0.912 bits per heavy atom. The van der Waals surface area contributed by atoms with Crippen LogP contribution < -0.4 is 0 Å². The molecule has 8 heteroatoms. The maximum atomic E-state index is 12.1. The van der Waals surface area contributed by atoms with Crippen molar-refractivity contribution in [1.82, 2.24) is 0 Å². The van der Waals surface area contributed by atoms with E-state index in [0.29, 0.717) is 0 Å². The van der Waals surface area contributed by atoms with Crippen molar-refractivity contribution >= 4 is 11.6 Å². The highest BCUT2D eigenvalue weighted by Gasteiger charge is 2.21. The molecule has 4 rings (SSSR count). The Bertz CT molecular complexity index is 1270. The number of carbonyl (C=O) groups is 2. The van der Waals surface area contributed by atoms with Crippen LogP contribution >= 0.6 is 0 Å². The first-order chi connectivity index (χ1) is 16.2. The van der Waals surface area contributed by atoms with Crippen molar-refractivity contribution in [1.29, 1.82) is 0 Å². The number of phenols is 6. The van der Waals surface area contributed by atoms with Gasteiger partial charge in [-0.2, -0.15) is 0 Å². The second-order valence-corrected chi connectivity index (χ2v) is 7.08. The Kier molecular flexibility index (Phi) is 7.03. The third-order valence-corrected chi connectivity index (χ3v) is 4.78. The molecule has 0 aliphatic rings. The predicted molar refractivity (Wildman–Crippen MR) is 123 cm³/mol. The summed E-state index contributed by atoms with van der Waals surface area (Å²) >= 11 is 0. The Labute approximate surface area is 193 Å². The van der Waals surface area contributed by atoms with Crippen LogP contribution in [0, 0.1) is 0 Å². The van der Waals surface area contributed by atoms with Crippen LogP contribution in [0.3, 0.4) is 0 Å². The zero-order valence-electron chi connectivity index (χ0n) is 17.6. The van der Waals surface area contributed by atoms with Gasteiger partial charge < -0.3 is 30.6 Å². The van der Waals surface area contributed by atoms with Gasteiger partial charge in [0.1, 0.15) is 0 Å². The normalized spacial score (nSPS) is 10.1. The average molecular weight is 460 g/mol. The van der Waals surface area contributed by atoms with Crippen LogP contribution in [0.1, 0.15) is 31.8 Å². The summed E-state index contributed by atoms with van der Waals surface area (Å²) in [6.07, 6.45) is 0. The summed E-state index contributed by atoms with van der Waals surface area (Å²) < 4.78 is 0. The molecule has 0 fully saturated rings. The smallest absolute Gasteiger partial charge is 0.201 e. The molecule has 0 saturated carbocycles. The molecule has 0 spiro atoms. The number of phenolic OH excluding ortho intramolecular Hbond substituents is 6. The molecular weight excluding hydrogens is 440 g/mol. The molecule has 0 atom stereocenters. The first-order valence-corrected chi connectivity index (χ1v) is 9.89. The molecule has 0 amide bonds. The summed E-state index contributed by atoms with van der Waals surface area (Å²) in [4.78, 5) is 23.9. The minimum atomic E-state index is -0.858. The quantitative estimate of drug-likeness (QED) is 0.197. The fourth-order valence-electron chi connectivity index (χ4n) is 2.99. The molecule has 0 unspecified atom stereocenters. The third-order valence-electron chi connectivity index (χ3n) is 4.78. The van der Waals surface area contributed by atoms with E-state index in [-0.39, 0.29) is 16.9 Å². The van der Waals surface area contributed by atoms with Gasteiger partial charge in [0.15, 0.2) is 40.3 Å². The van der Waals surface area contributed by atoms with E-state index in [4.69, 9.17) is 5.11 Å². The van der Waals surface area contributed by atoms with Gasteiger partial charge in [0.25, 0.3) is 0 Å². The van der Waals surface area contributed by atoms with Crippen molar-refractivity contribution in [2.24, 2.45) is 0 Å². The van der Waals surface area contributed by atoms with Crippen LogP contribution in [0.15, 0.2) is 84.9 Å². The molecule has 4 aromatic rings. The van der Waals surface area contributed by atoms with E-state index in [9.17, 15) is 35.1 Å². The summed E-state index contributed by atoms with van der Waals surface area (Å²) in [7, 11) is 0. The van der Waals surface area contributed by atoms with Crippen molar-refractivity contribution in [3.8, 4) is 34.5 Å². The lowest BCUT2D eigenvalue weighted by Gasteiger charge is -2.08. The highest BCUT2D eigenvalue weighted by Crippen LogP contribution is 2.40. The lowest BCUT2D eigenvalue weighted by Crippen LogP contribution is -2.01. The van der Waals surface area contributed by atoms with Gasteiger partial charge in [-0.3, -0.25) is 9.59 Å². The Balaban J connectivity index is 0.000000202. The molecule has 34 heavy (non-hydrogen) atoms. The summed E-state index contributed by atoms with van der Waals surface area (Å²) in [5.74, 6) is -5.25. The van der Waals surface area contributed by atoms with E-state index in [1.165, 1.54) is 0 Å². The first-order valence-electron chi connectivity index (χ1n) is 9.89. The first kappa shape index (κ1) is 23.7. The van der Waals surface area contributed by atoms with Crippen molar-refractivity contribution in [2.75, 3.05) is 0 Å². The summed E-state index contributed by atoms with van der Waals surface area (Å²) in [6.45, 7) is 0. The Morgan fingerprint density at radius 3 is 1.38 bits per heavy atom. The molecule has 4 aromatic carbocycles. The van der Waals surface area contributed by atoms with E-state index < -0.39 is 40.3 Å². The van der Waals surface area contributed by atoms with Crippen LogP contribution in [-0.4, -0.2) is 42.2 Å². The highest BCUT2D eigenvalue weighted by atomic mass is 16.3. The van der Waals surface area contributed by atoms with Crippen LogP contribution in [0.2, 0.25) is 0 Å². The molecule has 0 heterocycles. The molecule has 0 saturated heterocycles. The van der Waals surface area contributed by atoms with Crippen LogP contribution in [0.5, 0.6) is 34.5 Å². The van der Waals surface area contributed by atoms with E-state index >= 15 is 0 Å². The lowest BCUT2D eigenvalue weighted by atomic mass is 10.0. The van der Waals surface area contributed by atoms with Crippen LogP contribution in [0.25, 0.3) is 0 Å². The maximum absolute atomic E-state index is 12.1. The molecule has 0 aliphatic heterocycles. The number of hydrogen-bond donors (Lipinski definition) is 6. The minimum absolute atomic E-state index is 0.0752. The van der Waals surface area contributed by atoms with E-state index in [0.717, 1.165) is 35.4 Å². The van der Waals surface area contributed by atoms with E-state index in [1.54, 1.807) is 0 Å². The standard InChI is InChI=1S/C13H10O7.C13H10O/c14-7-2-1-6(11(18)13(7)20)10(17)5-3-8(15)12(19)9(16)4-5;14-13(11-7-3-1-4-8-11)12-9-5-2-6-10-12/h1-4,14-16,18-20H;1-10H. The number of rotatable bonds is 4. The zero-order valence-corrected chi connectivity index (χ0v) is 17.6. The zero-order chi connectivity index (χ0) is 24.8. The Hall–Kier alpha value is -4.98. The average Bonchev–Trinajstić information content (AvgIpc) is 2.86. The molecular formula is C26H20O8. The number of benzene rings is 4. The van der Waals surface area contributed by atoms with Gasteiger partial charge in [-0.15, -0.1) is 0 Å². The van der Waals surface area contributed by atoms with Gasteiger partial charge >= 0.3 is 0 Å². The van der Waals surface area contributed by atoms with E-state index in [2.05, 4.69) is 0 Å². The highest BCUT2D eigenvalue weighted by molar-refractivity contribution is 6.12. The van der Waals surface area contributed by atoms with Gasteiger partial charge in [-0.25, -0.2) is 0 Å². The van der Waals surface area contributed by atoms with Crippen LogP contribution in [0.4, 0.5) is 0 Å². The summed E-state index contributed by atoms with van der Waals surface area (Å²) in [5.41, 5.74) is 0.903. The van der Waals surface area contributed by atoms with Crippen molar-refractivity contribution in [2.45, 2.75) is 0 Å². The van der Waals surface area contributed by atoms with Gasteiger partial charge in [0.2, 0.25) is 5.75 Å². The second-order valence-electron chi connectivity index (χ2n) is 7.08. The van der Waals surface area contributed by atoms with Crippen molar-refractivity contribution < 1.29 is 40.2 Å². The van der Waals surface area contributed by atoms with Gasteiger partial charge in [-0.1, -0.05) is 60.7 Å². The molecule has 6 N–H and O–H groups in total. The topological polar surface area (TPSA) is 156 Å². The molecule has 0 bridgehead atoms.